The number of fused-ring (bicyclic) bond motifs is 1. The molecule has 0 saturated heterocycles. The van der Waals surface area contributed by atoms with Crippen molar-refractivity contribution in [3.8, 4) is 11.5 Å². The molecule has 0 radical (unpaired) electrons. The van der Waals surface area contributed by atoms with Crippen molar-refractivity contribution in [1.29, 1.82) is 0 Å². The minimum Gasteiger partial charge on any atom is -0.487 e. The summed E-state index contributed by atoms with van der Waals surface area (Å²) >= 11 is 0. The van der Waals surface area contributed by atoms with Crippen molar-refractivity contribution < 1.29 is 14.3 Å². The summed E-state index contributed by atoms with van der Waals surface area (Å²) in [4.78, 5) is 13.1. The molecular weight excluding hydrogens is 350 g/mol. The number of benzene rings is 2. The summed E-state index contributed by atoms with van der Waals surface area (Å²) in [5.41, 5.74) is 4.08. The van der Waals surface area contributed by atoms with Gasteiger partial charge in [-0.05, 0) is 64.3 Å². The lowest BCUT2D eigenvalue weighted by atomic mass is 9.88. The number of hydrogen-bond acceptors (Lipinski definition) is 3. The van der Waals surface area contributed by atoms with E-state index in [4.69, 9.17) is 9.47 Å². The Morgan fingerprint density at radius 1 is 1.25 bits per heavy atom. The summed E-state index contributed by atoms with van der Waals surface area (Å²) < 4.78 is 12.2. The molecule has 0 unspecified atom stereocenters. The number of carbonyl (C=O) groups is 1. The predicted molar refractivity (Wildman–Crippen MR) is 112 cm³/mol. The van der Waals surface area contributed by atoms with Crippen molar-refractivity contribution in [2.75, 3.05) is 0 Å². The van der Waals surface area contributed by atoms with Crippen LogP contribution in [-0.2, 0) is 4.79 Å². The van der Waals surface area contributed by atoms with E-state index in [0.717, 1.165) is 40.2 Å². The first-order chi connectivity index (χ1) is 13.2. The Morgan fingerprint density at radius 2 is 2.00 bits per heavy atom. The van der Waals surface area contributed by atoms with Crippen molar-refractivity contribution in [3.63, 3.8) is 0 Å². The zero-order valence-corrected chi connectivity index (χ0v) is 17.8. The van der Waals surface area contributed by atoms with E-state index in [1.807, 2.05) is 51.1 Å². The molecule has 0 bridgehead atoms. The quantitative estimate of drug-likeness (QED) is 0.775. The van der Waals surface area contributed by atoms with E-state index in [9.17, 15) is 4.79 Å². The van der Waals surface area contributed by atoms with E-state index in [0.29, 0.717) is 6.42 Å². The molecule has 0 aromatic heterocycles. The first-order valence-electron chi connectivity index (χ1n) is 10.0. The Morgan fingerprint density at radius 3 is 2.71 bits per heavy atom. The Balaban J connectivity index is 1.81. The third-order valence-corrected chi connectivity index (χ3v) is 5.43. The van der Waals surface area contributed by atoms with Crippen LogP contribution in [0.1, 0.15) is 61.9 Å². The topological polar surface area (TPSA) is 47.6 Å². The lowest BCUT2D eigenvalue weighted by molar-refractivity contribution is -0.129. The molecule has 4 nitrogen and oxygen atoms in total. The fourth-order valence-corrected chi connectivity index (χ4v) is 3.69. The van der Waals surface area contributed by atoms with Crippen molar-refractivity contribution in [2.45, 2.75) is 72.1 Å². The molecular formula is C24H31NO3. The Labute approximate surface area is 168 Å². The van der Waals surface area contributed by atoms with Crippen molar-refractivity contribution in [2.24, 2.45) is 0 Å². The zero-order valence-electron chi connectivity index (χ0n) is 17.8. The molecule has 0 aliphatic carbocycles. The van der Waals surface area contributed by atoms with Gasteiger partial charge in [0, 0.05) is 12.0 Å². The van der Waals surface area contributed by atoms with Gasteiger partial charge >= 0.3 is 0 Å². The number of amides is 1. The molecule has 28 heavy (non-hydrogen) atoms. The number of hydrogen-bond donors (Lipinski definition) is 1. The Bertz CT molecular complexity index is 872. The van der Waals surface area contributed by atoms with Gasteiger partial charge in [-0.15, -0.1) is 0 Å². The highest BCUT2D eigenvalue weighted by Gasteiger charge is 2.35. The summed E-state index contributed by atoms with van der Waals surface area (Å²) in [5, 5.41) is 3.22. The molecule has 2 aromatic rings. The average Bonchev–Trinajstić information content (AvgIpc) is 2.62. The van der Waals surface area contributed by atoms with Gasteiger partial charge in [0.05, 0.1) is 6.04 Å². The van der Waals surface area contributed by atoms with Gasteiger partial charge in [0.2, 0.25) is 0 Å². The highest BCUT2D eigenvalue weighted by molar-refractivity contribution is 5.81. The molecule has 1 heterocycles. The molecule has 1 N–H and O–H groups in total. The monoisotopic (exact) mass is 381 g/mol. The standard InChI is InChI=1S/C24H31NO3/c1-7-20(27-21-10-8-9-16(3)17(21)4)23(26)25-19-14-24(5,6)28-22-12-11-15(2)13-18(19)22/h8-13,19-20H,7,14H2,1-6H3,(H,25,26)/t19-,20-/m1/s1. The van der Waals surface area contributed by atoms with Crippen molar-refractivity contribution >= 4 is 5.91 Å². The summed E-state index contributed by atoms with van der Waals surface area (Å²) in [5.74, 6) is 1.53. The maximum Gasteiger partial charge on any atom is 0.261 e. The van der Waals surface area contributed by atoms with E-state index in [1.54, 1.807) is 0 Å². The van der Waals surface area contributed by atoms with Gasteiger partial charge in [-0.2, -0.15) is 0 Å². The molecule has 2 atom stereocenters. The van der Waals surface area contributed by atoms with E-state index in [-0.39, 0.29) is 17.6 Å². The van der Waals surface area contributed by atoms with Gasteiger partial charge in [-0.3, -0.25) is 4.79 Å². The summed E-state index contributed by atoms with van der Waals surface area (Å²) in [6, 6.07) is 12.0. The molecule has 1 amide bonds. The van der Waals surface area contributed by atoms with Crippen molar-refractivity contribution in [3.05, 3.63) is 58.7 Å². The molecule has 0 fully saturated rings. The van der Waals surface area contributed by atoms with Gasteiger partial charge in [0.1, 0.15) is 17.1 Å². The minimum atomic E-state index is -0.528. The second-order valence-corrected chi connectivity index (χ2v) is 8.38. The first-order valence-corrected chi connectivity index (χ1v) is 10.0. The molecule has 0 spiro atoms. The third-order valence-electron chi connectivity index (χ3n) is 5.43. The number of nitrogens with one attached hydrogen (secondary N) is 1. The van der Waals surface area contributed by atoms with Crippen LogP contribution in [0.5, 0.6) is 11.5 Å². The molecule has 2 aromatic carbocycles. The lowest BCUT2D eigenvalue weighted by Crippen LogP contribution is -2.45. The SMILES string of the molecule is CC[C@@H](Oc1cccc(C)c1C)C(=O)N[C@@H]1CC(C)(C)Oc2ccc(C)cc21. The molecule has 150 valence electrons. The van der Waals surface area contributed by atoms with Crippen LogP contribution in [-0.4, -0.2) is 17.6 Å². The minimum absolute atomic E-state index is 0.0847. The second-order valence-electron chi connectivity index (χ2n) is 8.38. The lowest BCUT2D eigenvalue weighted by Gasteiger charge is -2.38. The highest BCUT2D eigenvalue weighted by atomic mass is 16.5. The fraction of sp³-hybridized carbons (Fsp3) is 0.458. The van der Waals surface area contributed by atoms with E-state index in [2.05, 4.69) is 32.2 Å². The number of carbonyl (C=O) groups excluding carboxylic acids is 1. The van der Waals surface area contributed by atoms with Crippen LogP contribution in [0.15, 0.2) is 36.4 Å². The number of aryl methyl sites for hydroxylation is 2. The molecule has 3 rings (SSSR count). The van der Waals surface area contributed by atoms with E-state index in [1.165, 1.54) is 0 Å². The maximum atomic E-state index is 13.1. The van der Waals surface area contributed by atoms with Crippen LogP contribution < -0.4 is 14.8 Å². The van der Waals surface area contributed by atoms with Gasteiger partial charge < -0.3 is 14.8 Å². The van der Waals surface area contributed by atoms with Crippen LogP contribution in [0, 0.1) is 20.8 Å². The Hall–Kier alpha value is -2.49. The highest BCUT2D eigenvalue weighted by Crippen LogP contribution is 2.40. The van der Waals surface area contributed by atoms with E-state index < -0.39 is 6.10 Å². The van der Waals surface area contributed by atoms with Crippen LogP contribution in [0.3, 0.4) is 0 Å². The fourth-order valence-electron chi connectivity index (χ4n) is 3.69. The molecule has 0 saturated carbocycles. The van der Waals surface area contributed by atoms with Crippen molar-refractivity contribution in [1.82, 2.24) is 5.32 Å². The number of rotatable bonds is 5. The first kappa shape index (κ1) is 20.2. The van der Waals surface area contributed by atoms with Gasteiger partial charge in [0.25, 0.3) is 5.91 Å². The van der Waals surface area contributed by atoms with E-state index >= 15 is 0 Å². The summed E-state index contributed by atoms with van der Waals surface area (Å²) in [6.07, 6.45) is 0.793. The molecule has 1 aliphatic rings. The summed E-state index contributed by atoms with van der Waals surface area (Å²) in [6.45, 7) is 12.2. The van der Waals surface area contributed by atoms with Crippen LogP contribution in [0.2, 0.25) is 0 Å². The van der Waals surface area contributed by atoms with Crippen LogP contribution >= 0.6 is 0 Å². The zero-order chi connectivity index (χ0) is 20.5. The predicted octanol–water partition coefficient (Wildman–Crippen LogP) is 5.19. The van der Waals surface area contributed by atoms with Gasteiger partial charge in [-0.25, -0.2) is 0 Å². The largest absolute Gasteiger partial charge is 0.487 e. The normalized spacial score (nSPS) is 18.6. The van der Waals surface area contributed by atoms with Gasteiger partial charge in [0.15, 0.2) is 6.10 Å². The van der Waals surface area contributed by atoms with Crippen LogP contribution in [0.25, 0.3) is 0 Å². The summed E-state index contributed by atoms with van der Waals surface area (Å²) in [7, 11) is 0. The van der Waals surface area contributed by atoms with Gasteiger partial charge in [-0.1, -0.05) is 36.8 Å². The smallest absolute Gasteiger partial charge is 0.261 e. The molecule has 1 aliphatic heterocycles. The van der Waals surface area contributed by atoms with Crippen LogP contribution in [0.4, 0.5) is 0 Å². The molecule has 4 heteroatoms. The average molecular weight is 382 g/mol. The maximum absolute atomic E-state index is 13.1. The second kappa shape index (κ2) is 7.86. The number of ether oxygens (including phenoxy) is 2. The third kappa shape index (κ3) is 4.32. The Kier molecular flexibility index (Phi) is 5.69.